The lowest BCUT2D eigenvalue weighted by Crippen LogP contribution is -2.25. The van der Waals surface area contributed by atoms with Gasteiger partial charge in [0.1, 0.15) is 0 Å². The van der Waals surface area contributed by atoms with E-state index in [2.05, 4.69) is 37.4 Å². The fourth-order valence-electron chi connectivity index (χ4n) is 2.68. The van der Waals surface area contributed by atoms with Crippen LogP contribution in [0.3, 0.4) is 0 Å². The zero-order valence-corrected chi connectivity index (χ0v) is 10.4. The highest BCUT2D eigenvalue weighted by Gasteiger charge is 2.25. The second kappa shape index (κ2) is 4.98. The van der Waals surface area contributed by atoms with Crippen molar-refractivity contribution in [3.8, 4) is 0 Å². The molecule has 2 nitrogen and oxygen atoms in total. The van der Waals surface area contributed by atoms with E-state index in [4.69, 9.17) is 4.74 Å². The first-order chi connectivity index (χ1) is 7.70. The second-order valence-corrected chi connectivity index (χ2v) is 4.81. The van der Waals surface area contributed by atoms with Crippen LogP contribution in [0.2, 0.25) is 0 Å². The lowest BCUT2D eigenvalue weighted by molar-refractivity contribution is 0.178. The predicted octanol–water partition coefficient (Wildman–Crippen LogP) is 2.60. The Balaban J connectivity index is 2.24. The van der Waals surface area contributed by atoms with E-state index in [1.165, 1.54) is 23.1 Å². The summed E-state index contributed by atoms with van der Waals surface area (Å²) in [6.07, 6.45) is 1.17. The smallest absolute Gasteiger partial charge is 0.0513 e. The monoisotopic (exact) mass is 219 g/mol. The average molecular weight is 219 g/mol. The molecule has 0 aromatic heterocycles. The summed E-state index contributed by atoms with van der Waals surface area (Å²) < 4.78 is 5.48. The molecule has 1 saturated heterocycles. The van der Waals surface area contributed by atoms with Gasteiger partial charge in [0.15, 0.2) is 0 Å². The number of hydrogen-bond donors (Lipinski definition) is 1. The van der Waals surface area contributed by atoms with Crippen LogP contribution in [-0.4, -0.2) is 20.3 Å². The Bertz CT molecular complexity index is 336. The molecule has 0 aliphatic carbocycles. The van der Waals surface area contributed by atoms with Crippen molar-refractivity contribution in [2.75, 3.05) is 20.3 Å². The molecule has 0 amide bonds. The van der Waals surface area contributed by atoms with Crippen molar-refractivity contribution in [2.24, 2.45) is 5.92 Å². The second-order valence-electron chi connectivity index (χ2n) is 4.81. The molecular formula is C14H21NO. The minimum atomic E-state index is 0.432. The lowest BCUT2D eigenvalue weighted by Gasteiger charge is -2.23. The zero-order chi connectivity index (χ0) is 11.5. The summed E-state index contributed by atoms with van der Waals surface area (Å²) in [4.78, 5) is 0. The molecule has 1 aromatic rings. The van der Waals surface area contributed by atoms with Gasteiger partial charge in [0, 0.05) is 18.6 Å². The van der Waals surface area contributed by atoms with Gasteiger partial charge in [0.25, 0.3) is 0 Å². The molecule has 0 radical (unpaired) electrons. The molecule has 1 N–H and O–H groups in total. The van der Waals surface area contributed by atoms with Crippen LogP contribution in [0.4, 0.5) is 0 Å². The summed E-state index contributed by atoms with van der Waals surface area (Å²) in [6.45, 7) is 6.12. The summed E-state index contributed by atoms with van der Waals surface area (Å²) in [5, 5.41) is 3.43. The van der Waals surface area contributed by atoms with Gasteiger partial charge in [-0.05, 0) is 32.9 Å². The number of aryl methyl sites for hydroxylation is 2. The third-order valence-corrected chi connectivity index (χ3v) is 3.35. The minimum Gasteiger partial charge on any atom is -0.381 e. The van der Waals surface area contributed by atoms with Gasteiger partial charge in [0.05, 0.1) is 6.61 Å². The van der Waals surface area contributed by atoms with Gasteiger partial charge in [-0.3, -0.25) is 0 Å². The van der Waals surface area contributed by atoms with Crippen molar-refractivity contribution >= 4 is 0 Å². The maximum atomic E-state index is 5.48. The fourth-order valence-corrected chi connectivity index (χ4v) is 2.68. The van der Waals surface area contributed by atoms with Gasteiger partial charge in [-0.1, -0.05) is 29.3 Å². The van der Waals surface area contributed by atoms with E-state index in [-0.39, 0.29) is 0 Å². The molecule has 1 fully saturated rings. The molecule has 0 saturated carbocycles. The number of nitrogens with one attached hydrogen (secondary N) is 1. The third-order valence-electron chi connectivity index (χ3n) is 3.35. The highest BCUT2D eigenvalue weighted by atomic mass is 16.5. The SMILES string of the molecule is CNC(c1cc(C)cc(C)c1)C1CCOC1. The van der Waals surface area contributed by atoms with E-state index in [9.17, 15) is 0 Å². The van der Waals surface area contributed by atoms with Gasteiger partial charge in [-0.25, -0.2) is 0 Å². The summed E-state index contributed by atoms with van der Waals surface area (Å²) in [6, 6.07) is 7.22. The van der Waals surface area contributed by atoms with Crippen LogP contribution in [0.5, 0.6) is 0 Å². The van der Waals surface area contributed by atoms with Crippen LogP contribution in [0.1, 0.15) is 29.2 Å². The van der Waals surface area contributed by atoms with Crippen LogP contribution in [-0.2, 0) is 4.74 Å². The quantitative estimate of drug-likeness (QED) is 0.843. The lowest BCUT2D eigenvalue weighted by atomic mass is 9.90. The molecule has 0 spiro atoms. The average Bonchev–Trinajstić information content (AvgIpc) is 2.70. The van der Waals surface area contributed by atoms with Crippen molar-refractivity contribution in [3.63, 3.8) is 0 Å². The molecule has 2 atom stereocenters. The highest BCUT2D eigenvalue weighted by molar-refractivity contribution is 5.31. The van der Waals surface area contributed by atoms with Gasteiger partial charge in [-0.2, -0.15) is 0 Å². The van der Waals surface area contributed by atoms with Crippen LogP contribution in [0.15, 0.2) is 18.2 Å². The Morgan fingerprint density at radius 1 is 1.25 bits per heavy atom. The summed E-state index contributed by atoms with van der Waals surface area (Å²) >= 11 is 0. The molecule has 1 aliphatic rings. The molecule has 2 unspecified atom stereocenters. The fraction of sp³-hybridized carbons (Fsp3) is 0.571. The van der Waals surface area contributed by atoms with E-state index in [0.29, 0.717) is 12.0 Å². The predicted molar refractivity (Wildman–Crippen MR) is 66.6 cm³/mol. The summed E-state index contributed by atoms with van der Waals surface area (Å²) in [5.74, 6) is 0.617. The Hall–Kier alpha value is -0.860. The number of benzene rings is 1. The maximum absolute atomic E-state index is 5.48. The zero-order valence-electron chi connectivity index (χ0n) is 10.4. The molecule has 2 rings (SSSR count). The highest BCUT2D eigenvalue weighted by Crippen LogP contribution is 2.29. The largest absolute Gasteiger partial charge is 0.381 e. The third kappa shape index (κ3) is 2.45. The van der Waals surface area contributed by atoms with E-state index < -0.39 is 0 Å². The number of hydrogen-bond acceptors (Lipinski definition) is 2. The first-order valence-electron chi connectivity index (χ1n) is 6.04. The van der Waals surface area contributed by atoms with Crippen molar-refractivity contribution in [3.05, 3.63) is 34.9 Å². The van der Waals surface area contributed by atoms with Crippen molar-refractivity contribution in [1.29, 1.82) is 0 Å². The van der Waals surface area contributed by atoms with Crippen molar-refractivity contribution in [2.45, 2.75) is 26.3 Å². The molecule has 1 heterocycles. The van der Waals surface area contributed by atoms with Gasteiger partial charge in [-0.15, -0.1) is 0 Å². The van der Waals surface area contributed by atoms with Crippen LogP contribution in [0, 0.1) is 19.8 Å². The van der Waals surface area contributed by atoms with Crippen LogP contribution < -0.4 is 5.32 Å². The van der Waals surface area contributed by atoms with Gasteiger partial charge in [0.2, 0.25) is 0 Å². The van der Waals surface area contributed by atoms with E-state index in [1.54, 1.807) is 0 Å². The number of rotatable bonds is 3. The number of ether oxygens (including phenoxy) is 1. The molecule has 0 bridgehead atoms. The summed E-state index contributed by atoms with van der Waals surface area (Å²) in [5.41, 5.74) is 4.08. The van der Waals surface area contributed by atoms with Crippen molar-refractivity contribution < 1.29 is 4.74 Å². The van der Waals surface area contributed by atoms with Crippen LogP contribution >= 0.6 is 0 Å². The van der Waals surface area contributed by atoms with E-state index in [0.717, 1.165) is 13.2 Å². The molecule has 1 aliphatic heterocycles. The minimum absolute atomic E-state index is 0.432. The molecule has 16 heavy (non-hydrogen) atoms. The first-order valence-corrected chi connectivity index (χ1v) is 6.04. The van der Waals surface area contributed by atoms with Crippen LogP contribution in [0.25, 0.3) is 0 Å². The van der Waals surface area contributed by atoms with E-state index in [1.807, 2.05) is 7.05 Å². The van der Waals surface area contributed by atoms with E-state index >= 15 is 0 Å². The first kappa shape index (κ1) is 11.6. The molecule has 2 heteroatoms. The standard InChI is InChI=1S/C14H21NO/c1-10-6-11(2)8-13(7-10)14(15-3)12-4-5-16-9-12/h6-8,12,14-15H,4-5,9H2,1-3H3. The Labute approximate surface area is 98.0 Å². The topological polar surface area (TPSA) is 21.3 Å². The molecular weight excluding hydrogens is 198 g/mol. The molecule has 88 valence electrons. The Morgan fingerprint density at radius 2 is 1.94 bits per heavy atom. The maximum Gasteiger partial charge on any atom is 0.0513 e. The molecule has 1 aromatic carbocycles. The Kier molecular flexibility index (Phi) is 3.62. The van der Waals surface area contributed by atoms with Crippen molar-refractivity contribution in [1.82, 2.24) is 5.32 Å². The summed E-state index contributed by atoms with van der Waals surface area (Å²) in [7, 11) is 2.04. The van der Waals surface area contributed by atoms with Gasteiger partial charge < -0.3 is 10.1 Å². The normalized spacial score (nSPS) is 22.3. The van der Waals surface area contributed by atoms with Gasteiger partial charge >= 0.3 is 0 Å². The Morgan fingerprint density at radius 3 is 2.44 bits per heavy atom.